The SMILES string of the molecule is CC(CCO)CNC(=O)c1cnc(-c2ccc(F)c(F)c2)s1. The Kier molecular flexibility index (Phi) is 5.57. The number of nitrogens with one attached hydrogen (secondary N) is 1. The van der Waals surface area contributed by atoms with Crippen LogP contribution in [0.25, 0.3) is 10.6 Å². The molecule has 2 N–H and O–H groups in total. The molecule has 118 valence electrons. The summed E-state index contributed by atoms with van der Waals surface area (Å²) >= 11 is 1.11. The van der Waals surface area contributed by atoms with E-state index >= 15 is 0 Å². The van der Waals surface area contributed by atoms with Gasteiger partial charge in [0.05, 0.1) is 6.20 Å². The third kappa shape index (κ3) is 4.08. The average molecular weight is 326 g/mol. The average Bonchev–Trinajstić information content (AvgIpc) is 2.98. The molecule has 0 radical (unpaired) electrons. The zero-order chi connectivity index (χ0) is 16.1. The first-order chi connectivity index (χ1) is 10.5. The van der Waals surface area contributed by atoms with Crippen molar-refractivity contribution >= 4 is 17.2 Å². The first-order valence-corrected chi connectivity index (χ1v) is 7.63. The van der Waals surface area contributed by atoms with Crippen molar-refractivity contribution in [2.45, 2.75) is 13.3 Å². The first-order valence-electron chi connectivity index (χ1n) is 6.81. The van der Waals surface area contributed by atoms with Crippen molar-refractivity contribution in [2.24, 2.45) is 5.92 Å². The van der Waals surface area contributed by atoms with Gasteiger partial charge in [0, 0.05) is 18.7 Å². The zero-order valence-electron chi connectivity index (χ0n) is 12.0. The van der Waals surface area contributed by atoms with Crippen molar-refractivity contribution in [3.63, 3.8) is 0 Å². The monoisotopic (exact) mass is 326 g/mol. The molecule has 1 aromatic heterocycles. The van der Waals surface area contributed by atoms with Gasteiger partial charge in [-0.15, -0.1) is 11.3 Å². The molecule has 1 amide bonds. The zero-order valence-corrected chi connectivity index (χ0v) is 12.8. The molecule has 0 aliphatic rings. The number of halogens is 2. The summed E-state index contributed by atoms with van der Waals surface area (Å²) in [4.78, 5) is 16.5. The molecule has 0 bridgehead atoms. The maximum Gasteiger partial charge on any atom is 0.263 e. The Labute approximate surface area is 130 Å². The Morgan fingerprint density at radius 2 is 2.18 bits per heavy atom. The second-order valence-corrected chi connectivity index (χ2v) is 6.02. The summed E-state index contributed by atoms with van der Waals surface area (Å²) in [5.41, 5.74) is 0.427. The van der Waals surface area contributed by atoms with Crippen LogP contribution in [0.15, 0.2) is 24.4 Å². The van der Waals surface area contributed by atoms with E-state index in [1.54, 1.807) is 0 Å². The highest BCUT2D eigenvalue weighted by molar-refractivity contribution is 7.16. The predicted molar refractivity (Wildman–Crippen MR) is 80.7 cm³/mol. The molecule has 1 unspecified atom stereocenters. The highest BCUT2D eigenvalue weighted by atomic mass is 32.1. The molecule has 0 fully saturated rings. The predicted octanol–water partition coefficient (Wildman–Crippen LogP) is 2.84. The Hall–Kier alpha value is -1.86. The van der Waals surface area contributed by atoms with E-state index in [9.17, 15) is 13.6 Å². The van der Waals surface area contributed by atoms with Gasteiger partial charge in [0.25, 0.3) is 5.91 Å². The van der Waals surface area contributed by atoms with Crippen LogP contribution in [0.1, 0.15) is 23.0 Å². The summed E-state index contributed by atoms with van der Waals surface area (Å²) in [6, 6.07) is 3.50. The van der Waals surface area contributed by atoms with Crippen LogP contribution in [0.3, 0.4) is 0 Å². The second-order valence-electron chi connectivity index (χ2n) is 4.99. The lowest BCUT2D eigenvalue weighted by atomic mass is 10.1. The van der Waals surface area contributed by atoms with Crippen molar-refractivity contribution in [3.05, 3.63) is 40.9 Å². The fourth-order valence-corrected chi connectivity index (χ4v) is 2.65. The van der Waals surface area contributed by atoms with Gasteiger partial charge in [-0.2, -0.15) is 0 Å². The van der Waals surface area contributed by atoms with Crippen LogP contribution in [0.5, 0.6) is 0 Å². The van der Waals surface area contributed by atoms with E-state index in [1.165, 1.54) is 12.3 Å². The molecule has 0 saturated heterocycles. The molecule has 1 atom stereocenters. The number of nitrogens with zero attached hydrogens (tertiary/aromatic N) is 1. The quantitative estimate of drug-likeness (QED) is 0.858. The smallest absolute Gasteiger partial charge is 0.263 e. The van der Waals surface area contributed by atoms with Gasteiger partial charge in [-0.25, -0.2) is 13.8 Å². The number of aliphatic hydroxyl groups excluding tert-OH is 1. The van der Waals surface area contributed by atoms with Gasteiger partial charge in [0.1, 0.15) is 9.88 Å². The molecule has 1 heterocycles. The molecule has 7 heteroatoms. The first kappa shape index (κ1) is 16.5. The molecule has 0 aliphatic heterocycles. The topological polar surface area (TPSA) is 62.2 Å². The molecular formula is C15H16F2N2O2S. The molecule has 4 nitrogen and oxygen atoms in total. The van der Waals surface area contributed by atoms with Gasteiger partial charge in [0.15, 0.2) is 11.6 Å². The summed E-state index contributed by atoms with van der Waals surface area (Å²) in [5.74, 6) is -1.96. The molecule has 1 aromatic carbocycles. The summed E-state index contributed by atoms with van der Waals surface area (Å²) in [7, 11) is 0. The Balaban J connectivity index is 2.04. The fourth-order valence-electron chi connectivity index (χ4n) is 1.82. The van der Waals surface area contributed by atoms with Gasteiger partial charge in [-0.3, -0.25) is 4.79 Å². The van der Waals surface area contributed by atoms with Crippen LogP contribution in [0.4, 0.5) is 8.78 Å². The van der Waals surface area contributed by atoms with Crippen LogP contribution in [0.2, 0.25) is 0 Å². The lowest BCUT2D eigenvalue weighted by Gasteiger charge is -2.09. The summed E-state index contributed by atoms with van der Waals surface area (Å²) in [6.07, 6.45) is 2.02. The van der Waals surface area contributed by atoms with Crippen LogP contribution in [-0.4, -0.2) is 29.1 Å². The Morgan fingerprint density at radius 1 is 1.41 bits per heavy atom. The Morgan fingerprint density at radius 3 is 2.86 bits per heavy atom. The van der Waals surface area contributed by atoms with Crippen molar-refractivity contribution in [2.75, 3.05) is 13.2 Å². The number of carbonyl (C=O) groups is 1. The van der Waals surface area contributed by atoms with Gasteiger partial charge in [0.2, 0.25) is 0 Å². The van der Waals surface area contributed by atoms with E-state index in [0.717, 1.165) is 23.5 Å². The van der Waals surface area contributed by atoms with E-state index in [0.29, 0.717) is 28.4 Å². The largest absolute Gasteiger partial charge is 0.396 e. The molecule has 2 aromatic rings. The van der Waals surface area contributed by atoms with E-state index in [2.05, 4.69) is 10.3 Å². The van der Waals surface area contributed by atoms with E-state index < -0.39 is 11.6 Å². The molecule has 0 saturated carbocycles. The maximum absolute atomic E-state index is 13.2. The van der Waals surface area contributed by atoms with Crippen LogP contribution < -0.4 is 5.32 Å². The number of thiazole rings is 1. The van der Waals surface area contributed by atoms with Crippen molar-refractivity contribution < 1.29 is 18.7 Å². The van der Waals surface area contributed by atoms with Crippen molar-refractivity contribution in [1.82, 2.24) is 10.3 Å². The van der Waals surface area contributed by atoms with Gasteiger partial charge in [-0.1, -0.05) is 6.92 Å². The van der Waals surface area contributed by atoms with Gasteiger partial charge in [-0.05, 0) is 30.5 Å². The lowest BCUT2D eigenvalue weighted by molar-refractivity contribution is 0.0949. The van der Waals surface area contributed by atoms with E-state index in [1.807, 2.05) is 6.92 Å². The van der Waals surface area contributed by atoms with E-state index in [4.69, 9.17) is 5.11 Å². The summed E-state index contributed by atoms with van der Waals surface area (Å²) in [6.45, 7) is 2.46. The van der Waals surface area contributed by atoms with Crippen molar-refractivity contribution in [1.29, 1.82) is 0 Å². The minimum Gasteiger partial charge on any atom is -0.396 e. The summed E-state index contributed by atoms with van der Waals surface area (Å²) < 4.78 is 26.1. The number of hydrogen-bond donors (Lipinski definition) is 2. The molecule has 22 heavy (non-hydrogen) atoms. The normalized spacial score (nSPS) is 12.2. The maximum atomic E-state index is 13.2. The molecule has 2 rings (SSSR count). The van der Waals surface area contributed by atoms with E-state index in [-0.39, 0.29) is 18.4 Å². The third-order valence-corrected chi connectivity index (χ3v) is 4.17. The number of carbonyl (C=O) groups excluding carboxylic acids is 1. The molecule has 0 aliphatic carbocycles. The third-order valence-electron chi connectivity index (χ3n) is 3.13. The second kappa shape index (κ2) is 7.42. The highest BCUT2D eigenvalue weighted by Gasteiger charge is 2.13. The number of benzene rings is 1. The lowest BCUT2D eigenvalue weighted by Crippen LogP contribution is -2.28. The number of hydrogen-bond acceptors (Lipinski definition) is 4. The number of amides is 1. The molecule has 0 spiro atoms. The number of rotatable bonds is 6. The number of aromatic nitrogens is 1. The van der Waals surface area contributed by atoms with Crippen LogP contribution in [0, 0.1) is 17.6 Å². The standard InChI is InChI=1S/C15H16F2N2O2S/c1-9(4-5-20)7-18-14(21)13-8-19-15(22-13)10-2-3-11(16)12(17)6-10/h2-3,6,8-9,20H,4-5,7H2,1H3,(H,18,21). The summed E-state index contributed by atoms with van der Waals surface area (Å²) in [5, 5.41) is 12.0. The van der Waals surface area contributed by atoms with Gasteiger partial charge < -0.3 is 10.4 Å². The van der Waals surface area contributed by atoms with Gasteiger partial charge >= 0.3 is 0 Å². The Bertz CT molecular complexity index is 661. The fraction of sp³-hybridized carbons (Fsp3) is 0.333. The molecular weight excluding hydrogens is 310 g/mol. The van der Waals surface area contributed by atoms with Crippen molar-refractivity contribution in [3.8, 4) is 10.6 Å². The van der Waals surface area contributed by atoms with Crippen LogP contribution in [-0.2, 0) is 0 Å². The minimum absolute atomic E-state index is 0.0812. The van der Waals surface area contributed by atoms with Crippen LogP contribution >= 0.6 is 11.3 Å². The minimum atomic E-state index is -0.948. The number of aliphatic hydroxyl groups is 1. The highest BCUT2D eigenvalue weighted by Crippen LogP contribution is 2.26.